The van der Waals surface area contributed by atoms with Gasteiger partial charge in [-0.1, -0.05) is 34.1 Å². The summed E-state index contributed by atoms with van der Waals surface area (Å²) in [5.74, 6) is 1.90. The lowest BCUT2D eigenvalue weighted by molar-refractivity contribution is -0.125. The molecule has 110 valence electrons. The molecule has 4 unspecified atom stereocenters. The third-order valence-corrected chi connectivity index (χ3v) is 5.06. The second-order valence-corrected chi connectivity index (χ2v) is 6.95. The average molecular weight is 266 g/mol. The Morgan fingerprint density at radius 2 is 2.05 bits per heavy atom. The largest absolute Gasteiger partial charge is 0.352 e. The molecule has 1 saturated heterocycles. The lowest BCUT2D eigenvalue weighted by atomic mass is 9.78. The molecule has 0 aromatic heterocycles. The number of hydrogen-bond donors (Lipinski definition) is 1. The Morgan fingerprint density at radius 3 is 2.53 bits per heavy atom. The molecular weight excluding hydrogens is 236 g/mol. The third kappa shape index (κ3) is 3.50. The molecule has 3 heteroatoms. The number of nitrogens with one attached hydrogen (secondary N) is 1. The van der Waals surface area contributed by atoms with Gasteiger partial charge in [-0.3, -0.25) is 9.69 Å². The maximum Gasteiger partial charge on any atom is 0.222 e. The van der Waals surface area contributed by atoms with Crippen molar-refractivity contribution in [1.82, 2.24) is 10.2 Å². The van der Waals surface area contributed by atoms with Crippen molar-refractivity contribution in [2.24, 2.45) is 17.8 Å². The summed E-state index contributed by atoms with van der Waals surface area (Å²) in [6.45, 7) is 10.9. The zero-order valence-corrected chi connectivity index (χ0v) is 13.0. The number of amides is 1. The Labute approximate surface area is 118 Å². The van der Waals surface area contributed by atoms with E-state index in [-0.39, 0.29) is 11.8 Å². The molecule has 1 N–H and O–H groups in total. The molecule has 1 heterocycles. The van der Waals surface area contributed by atoms with Crippen molar-refractivity contribution in [3.63, 3.8) is 0 Å². The third-order valence-electron chi connectivity index (χ3n) is 5.06. The molecule has 2 fully saturated rings. The summed E-state index contributed by atoms with van der Waals surface area (Å²) in [6.07, 6.45) is 5.11. The number of nitrogens with zero attached hydrogens (tertiary/aromatic N) is 1. The number of rotatable bonds is 4. The molecule has 1 amide bonds. The number of piperidine rings is 1. The first kappa shape index (κ1) is 14.8. The van der Waals surface area contributed by atoms with E-state index in [1.54, 1.807) is 0 Å². The van der Waals surface area contributed by atoms with Gasteiger partial charge in [-0.2, -0.15) is 0 Å². The molecule has 1 aliphatic carbocycles. The monoisotopic (exact) mass is 266 g/mol. The van der Waals surface area contributed by atoms with Crippen molar-refractivity contribution in [3.05, 3.63) is 0 Å². The summed E-state index contributed by atoms with van der Waals surface area (Å²) in [6, 6.07) is 1.13. The second kappa shape index (κ2) is 6.25. The molecule has 1 aliphatic heterocycles. The average Bonchev–Trinajstić information content (AvgIpc) is 2.36. The Kier molecular flexibility index (Phi) is 4.88. The minimum absolute atomic E-state index is 0.0954. The smallest absolute Gasteiger partial charge is 0.222 e. The fourth-order valence-corrected chi connectivity index (χ4v) is 3.47. The van der Waals surface area contributed by atoms with E-state index in [1.807, 2.05) is 13.8 Å². The topological polar surface area (TPSA) is 32.3 Å². The van der Waals surface area contributed by atoms with Gasteiger partial charge in [0.1, 0.15) is 0 Å². The van der Waals surface area contributed by atoms with Crippen molar-refractivity contribution in [3.8, 4) is 0 Å². The maximum absolute atomic E-state index is 11.9. The van der Waals surface area contributed by atoms with Crippen molar-refractivity contribution < 1.29 is 4.79 Å². The van der Waals surface area contributed by atoms with Crippen LogP contribution in [0, 0.1) is 17.8 Å². The number of carbonyl (C=O) groups excluding carboxylic acids is 1. The molecule has 0 radical (unpaired) electrons. The Morgan fingerprint density at radius 1 is 1.32 bits per heavy atom. The number of carbonyl (C=O) groups is 1. The Bertz CT molecular complexity index is 316. The van der Waals surface area contributed by atoms with Gasteiger partial charge in [0, 0.05) is 31.1 Å². The molecule has 0 bridgehead atoms. The van der Waals surface area contributed by atoms with E-state index in [9.17, 15) is 4.79 Å². The van der Waals surface area contributed by atoms with Crippen molar-refractivity contribution in [1.29, 1.82) is 0 Å². The van der Waals surface area contributed by atoms with Crippen LogP contribution in [0.3, 0.4) is 0 Å². The van der Waals surface area contributed by atoms with Gasteiger partial charge in [0.15, 0.2) is 0 Å². The first-order chi connectivity index (χ1) is 9.01. The van der Waals surface area contributed by atoms with Crippen LogP contribution in [0.5, 0.6) is 0 Å². The van der Waals surface area contributed by atoms with Crippen LogP contribution in [-0.2, 0) is 4.79 Å². The maximum atomic E-state index is 11.9. The van der Waals surface area contributed by atoms with Crippen LogP contribution in [0.2, 0.25) is 0 Å². The summed E-state index contributed by atoms with van der Waals surface area (Å²) in [4.78, 5) is 14.6. The van der Waals surface area contributed by atoms with Gasteiger partial charge in [-0.25, -0.2) is 0 Å². The number of hydrogen-bond acceptors (Lipinski definition) is 2. The lowest BCUT2D eigenvalue weighted by Gasteiger charge is -2.48. The predicted molar refractivity (Wildman–Crippen MR) is 78.9 cm³/mol. The molecular formula is C16H30N2O. The van der Waals surface area contributed by atoms with Gasteiger partial charge >= 0.3 is 0 Å². The fraction of sp³-hybridized carbons (Fsp3) is 0.938. The first-order valence-corrected chi connectivity index (χ1v) is 8.05. The van der Waals surface area contributed by atoms with Crippen molar-refractivity contribution in [2.75, 3.05) is 13.1 Å². The van der Waals surface area contributed by atoms with Crippen LogP contribution in [0.25, 0.3) is 0 Å². The van der Waals surface area contributed by atoms with Gasteiger partial charge in [-0.05, 0) is 31.1 Å². The van der Waals surface area contributed by atoms with Crippen LogP contribution in [-0.4, -0.2) is 36.0 Å². The first-order valence-electron chi connectivity index (χ1n) is 8.05. The highest BCUT2D eigenvalue weighted by Crippen LogP contribution is 2.34. The standard InChI is InChI=1S/C16H30N2O/c1-5-13-8-14(17-16(19)11(2)3)10-18(9-13)15-7-6-12(15)4/h11-15H,5-10H2,1-4H3,(H,17,19). The highest BCUT2D eigenvalue weighted by Gasteiger charge is 2.37. The molecule has 3 nitrogen and oxygen atoms in total. The van der Waals surface area contributed by atoms with Crippen LogP contribution in [0.4, 0.5) is 0 Å². The van der Waals surface area contributed by atoms with Crippen LogP contribution in [0.1, 0.15) is 53.4 Å². The van der Waals surface area contributed by atoms with E-state index in [0.717, 1.165) is 30.8 Å². The van der Waals surface area contributed by atoms with Gasteiger partial charge in [-0.15, -0.1) is 0 Å². The quantitative estimate of drug-likeness (QED) is 0.848. The molecule has 0 aromatic rings. The minimum Gasteiger partial charge on any atom is -0.352 e. The minimum atomic E-state index is 0.0954. The zero-order chi connectivity index (χ0) is 14.0. The van der Waals surface area contributed by atoms with Gasteiger partial charge in [0.25, 0.3) is 0 Å². The molecule has 2 aliphatic rings. The molecule has 4 atom stereocenters. The van der Waals surface area contributed by atoms with Gasteiger partial charge < -0.3 is 5.32 Å². The van der Waals surface area contributed by atoms with Crippen LogP contribution < -0.4 is 5.32 Å². The van der Waals surface area contributed by atoms with Crippen LogP contribution in [0.15, 0.2) is 0 Å². The van der Waals surface area contributed by atoms with E-state index < -0.39 is 0 Å². The molecule has 2 rings (SSSR count). The zero-order valence-electron chi connectivity index (χ0n) is 13.0. The Hall–Kier alpha value is -0.570. The Balaban J connectivity index is 1.94. The molecule has 0 aromatic carbocycles. The molecule has 0 spiro atoms. The number of likely N-dealkylation sites (tertiary alicyclic amines) is 1. The highest BCUT2D eigenvalue weighted by molar-refractivity contribution is 5.78. The highest BCUT2D eigenvalue weighted by atomic mass is 16.1. The van der Waals surface area contributed by atoms with Gasteiger partial charge in [0.2, 0.25) is 5.91 Å². The van der Waals surface area contributed by atoms with E-state index in [4.69, 9.17) is 0 Å². The van der Waals surface area contributed by atoms with E-state index >= 15 is 0 Å². The molecule has 19 heavy (non-hydrogen) atoms. The predicted octanol–water partition coefficient (Wildman–Crippen LogP) is 2.66. The van der Waals surface area contributed by atoms with E-state index in [1.165, 1.54) is 25.8 Å². The summed E-state index contributed by atoms with van der Waals surface area (Å²) >= 11 is 0. The van der Waals surface area contributed by atoms with Gasteiger partial charge in [0.05, 0.1) is 0 Å². The summed E-state index contributed by atoms with van der Waals surface area (Å²) in [5, 5.41) is 3.25. The summed E-state index contributed by atoms with van der Waals surface area (Å²) in [7, 11) is 0. The molecule has 1 saturated carbocycles. The van der Waals surface area contributed by atoms with E-state index in [0.29, 0.717) is 6.04 Å². The lowest BCUT2D eigenvalue weighted by Crippen LogP contribution is -2.57. The van der Waals surface area contributed by atoms with Crippen molar-refractivity contribution >= 4 is 5.91 Å². The summed E-state index contributed by atoms with van der Waals surface area (Å²) in [5.41, 5.74) is 0. The SMILES string of the molecule is CCC1CC(NC(=O)C(C)C)CN(C2CCC2C)C1. The fourth-order valence-electron chi connectivity index (χ4n) is 3.47. The van der Waals surface area contributed by atoms with Crippen molar-refractivity contribution in [2.45, 2.75) is 65.5 Å². The summed E-state index contributed by atoms with van der Waals surface area (Å²) < 4.78 is 0. The van der Waals surface area contributed by atoms with E-state index in [2.05, 4.69) is 24.1 Å². The van der Waals surface area contributed by atoms with Crippen LogP contribution >= 0.6 is 0 Å². The normalized spacial score (nSPS) is 36.1. The second-order valence-electron chi connectivity index (χ2n) is 6.95.